The number of carboxylic acid groups (broad SMARTS) is 1. The summed E-state index contributed by atoms with van der Waals surface area (Å²) in [5, 5.41) is 11.9. The molecule has 5 heteroatoms. The number of halogens is 1. The normalized spacial score (nSPS) is 15.6. The van der Waals surface area contributed by atoms with E-state index in [0.717, 1.165) is 18.9 Å². The topological polar surface area (TPSA) is 58.6 Å². The minimum atomic E-state index is -1.27. The van der Waals surface area contributed by atoms with Gasteiger partial charge in [-0.05, 0) is 25.0 Å². The second kappa shape index (κ2) is 6.52. The Morgan fingerprint density at radius 2 is 2.16 bits per heavy atom. The average Bonchev–Trinajstić information content (AvgIpc) is 2.87. The van der Waals surface area contributed by atoms with Gasteiger partial charge in [-0.15, -0.1) is 0 Å². The lowest BCUT2D eigenvalue weighted by molar-refractivity contribution is 0.0655. The van der Waals surface area contributed by atoms with E-state index in [9.17, 15) is 9.18 Å². The van der Waals surface area contributed by atoms with Crippen LogP contribution in [0.4, 0.5) is 10.1 Å². The molecule has 2 N–H and O–H groups in total. The maximum Gasteiger partial charge on any atom is 0.340 e. The van der Waals surface area contributed by atoms with Crippen LogP contribution in [0.2, 0.25) is 0 Å². The second-order valence-corrected chi connectivity index (χ2v) is 4.67. The van der Waals surface area contributed by atoms with Crippen LogP contribution in [-0.4, -0.2) is 30.3 Å². The summed E-state index contributed by atoms with van der Waals surface area (Å²) in [6.45, 7) is 0.973. The zero-order valence-corrected chi connectivity index (χ0v) is 10.7. The third kappa shape index (κ3) is 3.67. The molecule has 0 radical (unpaired) electrons. The number of aromatic carboxylic acids is 1. The fourth-order valence-corrected chi connectivity index (χ4v) is 2.36. The molecule has 2 rings (SSSR count). The van der Waals surface area contributed by atoms with E-state index in [1.807, 2.05) is 0 Å². The van der Waals surface area contributed by atoms with Crippen LogP contribution in [-0.2, 0) is 4.74 Å². The van der Waals surface area contributed by atoms with Crippen molar-refractivity contribution < 1.29 is 19.0 Å². The van der Waals surface area contributed by atoms with E-state index < -0.39 is 11.8 Å². The van der Waals surface area contributed by atoms with E-state index in [1.54, 1.807) is 6.07 Å². The summed E-state index contributed by atoms with van der Waals surface area (Å²) in [7, 11) is 0. The summed E-state index contributed by atoms with van der Waals surface area (Å²) in [5.74, 6) is -1.99. The molecule has 104 valence electrons. The third-order valence-corrected chi connectivity index (χ3v) is 3.30. The first-order valence-electron chi connectivity index (χ1n) is 6.56. The van der Waals surface area contributed by atoms with Gasteiger partial charge in [0.15, 0.2) is 0 Å². The van der Waals surface area contributed by atoms with Gasteiger partial charge in [0, 0.05) is 6.54 Å². The van der Waals surface area contributed by atoms with Crippen LogP contribution >= 0.6 is 0 Å². The summed E-state index contributed by atoms with van der Waals surface area (Å²) < 4.78 is 19.1. The van der Waals surface area contributed by atoms with Gasteiger partial charge in [0.1, 0.15) is 11.4 Å². The maximum absolute atomic E-state index is 13.4. The molecule has 1 aromatic carbocycles. The molecule has 0 spiro atoms. The molecule has 1 saturated carbocycles. The number of rotatable bonds is 6. The molecular formula is C14H18FNO3. The summed E-state index contributed by atoms with van der Waals surface area (Å²) in [6.07, 6.45) is 4.95. The Bertz CT molecular complexity index is 444. The molecule has 0 unspecified atom stereocenters. The molecule has 0 saturated heterocycles. The number of benzene rings is 1. The van der Waals surface area contributed by atoms with Gasteiger partial charge >= 0.3 is 5.97 Å². The minimum absolute atomic E-state index is 0.294. The number of hydrogen-bond donors (Lipinski definition) is 2. The Balaban J connectivity index is 1.85. The first kappa shape index (κ1) is 13.8. The zero-order chi connectivity index (χ0) is 13.7. The molecule has 1 aliphatic rings. The SMILES string of the molecule is O=C(O)c1c(F)cccc1NCCOC1CCCC1. The summed E-state index contributed by atoms with van der Waals surface area (Å²) in [6, 6.07) is 4.19. The first-order valence-corrected chi connectivity index (χ1v) is 6.56. The van der Waals surface area contributed by atoms with E-state index in [0.29, 0.717) is 24.9 Å². The Hall–Kier alpha value is -1.62. The molecule has 0 amide bonds. The molecule has 0 aliphatic heterocycles. The molecule has 0 aromatic heterocycles. The number of ether oxygens (including phenoxy) is 1. The van der Waals surface area contributed by atoms with E-state index in [-0.39, 0.29) is 5.56 Å². The van der Waals surface area contributed by atoms with Gasteiger partial charge < -0.3 is 15.2 Å². The smallest absolute Gasteiger partial charge is 0.340 e. The summed E-state index contributed by atoms with van der Waals surface area (Å²) >= 11 is 0. The lowest BCUT2D eigenvalue weighted by Gasteiger charge is -2.13. The lowest BCUT2D eigenvalue weighted by atomic mass is 10.1. The van der Waals surface area contributed by atoms with Gasteiger partial charge in [-0.25, -0.2) is 9.18 Å². The fraction of sp³-hybridized carbons (Fsp3) is 0.500. The van der Waals surface area contributed by atoms with Gasteiger partial charge in [-0.1, -0.05) is 18.9 Å². The first-order chi connectivity index (χ1) is 9.18. The highest BCUT2D eigenvalue weighted by atomic mass is 19.1. The Labute approximate surface area is 111 Å². The van der Waals surface area contributed by atoms with E-state index in [1.165, 1.54) is 18.9 Å². The Kier molecular flexibility index (Phi) is 4.74. The number of nitrogens with one attached hydrogen (secondary N) is 1. The highest BCUT2D eigenvalue weighted by Crippen LogP contribution is 2.21. The number of hydrogen-bond acceptors (Lipinski definition) is 3. The molecule has 0 heterocycles. The van der Waals surface area contributed by atoms with E-state index >= 15 is 0 Å². The average molecular weight is 267 g/mol. The number of anilines is 1. The van der Waals surface area contributed by atoms with Crippen LogP contribution < -0.4 is 5.32 Å². The lowest BCUT2D eigenvalue weighted by Crippen LogP contribution is -2.17. The Morgan fingerprint density at radius 3 is 2.84 bits per heavy atom. The van der Waals surface area contributed by atoms with Crippen molar-refractivity contribution in [2.45, 2.75) is 31.8 Å². The predicted octanol–water partition coefficient (Wildman–Crippen LogP) is 2.90. The van der Waals surface area contributed by atoms with Crippen LogP contribution in [0.1, 0.15) is 36.0 Å². The van der Waals surface area contributed by atoms with Crippen LogP contribution in [0.15, 0.2) is 18.2 Å². The molecule has 1 fully saturated rings. The molecule has 0 bridgehead atoms. The van der Waals surface area contributed by atoms with Gasteiger partial charge in [-0.3, -0.25) is 0 Å². The van der Waals surface area contributed by atoms with E-state index in [4.69, 9.17) is 9.84 Å². The van der Waals surface area contributed by atoms with Crippen molar-refractivity contribution in [1.82, 2.24) is 0 Å². The van der Waals surface area contributed by atoms with Crippen LogP contribution in [0, 0.1) is 5.82 Å². The Morgan fingerprint density at radius 1 is 1.42 bits per heavy atom. The van der Waals surface area contributed by atoms with Crippen molar-refractivity contribution in [3.63, 3.8) is 0 Å². The highest BCUT2D eigenvalue weighted by molar-refractivity contribution is 5.94. The highest BCUT2D eigenvalue weighted by Gasteiger charge is 2.16. The largest absolute Gasteiger partial charge is 0.478 e. The van der Waals surface area contributed by atoms with Crippen molar-refractivity contribution in [2.24, 2.45) is 0 Å². The molecule has 19 heavy (non-hydrogen) atoms. The van der Waals surface area contributed by atoms with Crippen molar-refractivity contribution >= 4 is 11.7 Å². The van der Waals surface area contributed by atoms with Crippen LogP contribution in [0.5, 0.6) is 0 Å². The fourth-order valence-electron chi connectivity index (χ4n) is 2.36. The number of carbonyl (C=O) groups is 1. The van der Waals surface area contributed by atoms with Gasteiger partial charge in [0.05, 0.1) is 18.4 Å². The number of carboxylic acids is 1. The standard InChI is InChI=1S/C14H18FNO3/c15-11-6-3-7-12(13(11)14(17)18)16-8-9-19-10-4-1-2-5-10/h3,6-7,10,16H,1-2,4-5,8-9H2,(H,17,18). The van der Waals surface area contributed by atoms with Gasteiger partial charge in [0.25, 0.3) is 0 Å². The minimum Gasteiger partial charge on any atom is -0.478 e. The monoisotopic (exact) mass is 267 g/mol. The van der Waals surface area contributed by atoms with Gasteiger partial charge in [0.2, 0.25) is 0 Å². The van der Waals surface area contributed by atoms with E-state index in [2.05, 4.69) is 5.32 Å². The summed E-state index contributed by atoms with van der Waals surface area (Å²) in [4.78, 5) is 11.0. The van der Waals surface area contributed by atoms with Crippen LogP contribution in [0.25, 0.3) is 0 Å². The summed E-state index contributed by atoms with van der Waals surface area (Å²) in [5.41, 5.74) is -0.0223. The van der Waals surface area contributed by atoms with Crippen molar-refractivity contribution in [3.05, 3.63) is 29.6 Å². The molecular weight excluding hydrogens is 249 g/mol. The van der Waals surface area contributed by atoms with Crippen LogP contribution in [0.3, 0.4) is 0 Å². The molecule has 1 aromatic rings. The van der Waals surface area contributed by atoms with Crippen molar-refractivity contribution in [2.75, 3.05) is 18.5 Å². The van der Waals surface area contributed by atoms with Crippen molar-refractivity contribution in [1.29, 1.82) is 0 Å². The van der Waals surface area contributed by atoms with Gasteiger partial charge in [-0.2, -0.15) is 0 Å². The molecule has 0 atom stereocenters. The predicted molar refractivity (Wildman–Crippen MR) is 70.1 cm³/mol. The third-order valence-electron chi connectivity index (χ3n) is 3.30. The quantitative estimate of drug-likeness (QED) is 0.778. The second-order valence-electron chi connectivity index (χ2n) is 4.67. The molecule has 4 nitrogen and oxygen atoms in total. The molecule has 1 aliphatic carbocycles. The maximum atomic E-state index is 13.4. The zero-order valence-electron chi connectivity index (χ0n) is 10.7. The van der Waals surface area contributed by atoms with Crippen molar-refractivity contribution in [3.8, 4) is 0 Å².